The van der Waals surface area contributed by atoms with E-state index in [1.807, 2.05) is 22.8 Å². The van der Waals surface area contributed by atoms with E-state index in [1.54, 1.807) is 12.5 Å². The van der Waals surface area contributed by atoms with Crippen LogP contribution in [0, 0.1) is 0 Å². The summed E-state index contributed by atoms with van der Waals surface area (Å²) < 4.78 is 1.98. The van der Waals surface area contributed by atoms with E-state index in [0.717, 1.165) is 5.69 Å². The molecule has 0 radical (unpaired) electrons. The molecule has 2 aromatic rings. The number of aliphatic hydroxyl groups is 1. The van der Waals surface area contributed by atoms with Gasteiger partial charge in [-0.2, -0.15) is 0 Å². The monoisotopic (exact) mass is 202 g/mol. The molecule has 0 fully saturated rings. The highest BCUT2D eigenvalue weighted by Crippen LogP contribution is 2.18. The number of aliphatic hydroxyl groups excluding tert-OH is 1. The van der Waals surface area contributed by atoms with Crippen molar-refractivity contribution in [1.82, 2.24) is 9.55 Å². The van der Waals surface area contributed by atoms with Gasteiger partial charge in [0.25, 0.3) is 0 Å². The summed E-state index contributed by atoms with van der Waals surface area (Å²) in [6.07, 6.45) is 3.45. The molecule has 15 heavy (non-hydrogen) atoms. The lowest BCUT2D eigenvalue weighted by molar-refractivity contribution is 0.269. The zero-order chi connectivity index (χ0) is 10.7. The molecular formula is C12H14N2O. The minimum atomic E-state index is 0.0250. The quantitative estimate of drug-likeness (QED) is 0.826. The first-order chi connectivity index (χ1) is 7.33. The van der Waals surface area contributed by atoms with Crippen LogP contribution in [0.5, 0.6) is 0 Å². The average Bonchev–Trinajstić information content (AvgIpc) is 2.77. The van der Waals surface area contributed by atoms with Gasteiger partial charge in [0.1, 0.15) is 0 Å². The highest BCUT2D eigenvalue weighted by atomic mass is 16.3. The minimum Gasteiger partial charge on any atom is -0.390 e. The maximum Gasteiger partial charge on any atom is 0.0954 e. The van der Waals surface area contributed by atoms with Crippen LogP contribution in [0.25, 0.3) is 0 Å². The molecule has 1 aromatic heterocycles. The Balaban J connectivity index is 2.32. The molecule has 0 saturated heterocycles. The van der Waals surface area contributed by atoms with Crippen LogP contribution in [-0.2, 0) is 6.61 Å². The summed E-state index contributed by atoms with van der Waals surface area (Å²) in [4.78, 5) is 4.04. The summed E-state index contributed by atoms with van der Waals surface area (Å²) >= 11 is 0. The van der Waals surface area contributed by atoms with Crippen LogP contribution in [0.1, 0.15) is 24.2 Å². The summed E-state index contributed by atoms with van der Waals surface area (Å²) in [6.45, 7) is 2.12. The summed E-state index contributed by atoms with van der Waals surface area (Å²) in [5.41, 5.74) is 2.05. The fourth-order valence-corrected chi connectivity index (χ4v) is 1.70. The Morgan fingerprint density at radius 3 is 2.73 bits per heavy atom. The van der Waals surface area contributed by atoms with Crippen molar-refractivity contribution in [3.63, 3.8) is 0 Å². The topological polar surface area (TPSA) is 38.0 Å². The standard InChI is InChI=1S/C12H14N2O/c1-10(11-5-3-2-4-6-11)14-9-13-7-12(14)8-15/h2-7,9-10,15H,8H2,1H3/t10-/m0/s1. The van der Waals surface area contributed by atoms with E-state index < -0.39 is 0 Å². The number of nitrogens with zero attached hydrogens (tertiary/aromatic N) is 2. The summed E-state index contributed by atoms with van der Waals surface area (Å²) in [7, 11) is 0. The van der Waals surface area contributed by atoms with Gasteiger partial charge in [0.2, 0.25) is 0 Å². The summed E-state index contributed by atoms with van der Waals surface area (Å²) in [5, 5.41) is 9.14. The number of hydrogen-bond donors (Lipinski definition) is 1. The molecule has 1 aromatic carbocycles. The predicted octanol–water partition coefficient (Wildman–Crippen LogP) is 1.98. The second kappa shape index (κ2) is 4.28. The second-order valence-electron chi connectivity index (χ2n) is 3.54. The smallest absolute Gasteiger partial charge is 0.0954 e. The van der Waals surface area contributed by atoms with E-state index in [4.69, 9.17) is 5.11 Å². The largest absolute Gasteiger partial charge is 0.390 e. The Bertz CT molecular complexity index is 422. The molecule has 1 heterocycles. The van der Waals surface area contributed by atoms with Crippen LogP contribution >= 0.6 is 0 Å². The van der Waals surface area contributed by atoms with Crippen LogP contribution in [0.4, 0.5) is 0 Å². The molecule has 0 aliphatic heterocycles. The van der Waals surface area contributed by atoms with Gasteiger partial charge < -0.3 is 9.67 Å². The molecule has 0 unspecified atom stereocenters. The number of imidazole rings is 1. The molecule has 3 heteroatoms. The Morgan fingerprint density at radius 2 is 2.07 bits per heavy atom. The van der Waals surface area contributed by atoms with Crippen molar-refractivity contribution in [2.75, 3.05) is 0 Å². The molecule has 78 valence electrons. The molecule has 0 saturated carbocycles. The van der Waals surface area contributed by atoms with Crippen molar-refractivity contribution in [3.05, 3.63) is 54.1 Å². The first kappa shape index (κ1) is 9.93. The van der Waals surface area contributed by atoms with E-state index in [-0.39, 0.29) is 12.6 Å². The summed E-state index contributed by atoms with van der Waals surface area (Å²) in [5.74, 6) is 0. The van der Waals surface area contributed by atoms with Gasteiger partial charge in [-0.05, 0) is 12.5 Å². The van der Waals surface area contributed by atoms with Gasteiger partial charge in [0.15, 0.2) is 0 Å². The normalized spacial score (nSPS) is 12.7. The maximum absolute atomic E-state index is 9.14. The zero-order valence-electron chi connectivity index (χ0n) is 8.67. The molecular weight excluding hydrogens is 188 g/mol. The van der Waals surface area contributed by atoms with E-state index in [1.165, 1.54) is 5.56 Å². The molecule has 0 amide bonds. The molecule has 2 rings (SSSR count). The minimum absolute atomic E-state index is 0.0250. The molecule has 1 atom stereocenters. The summed E-state index contributed by atoms with van der Waals surface area (Å²) in [6, 6.07) is 10.4. The highest BCUT2D eigenvalue weighted by molar-refractivity contribution is 5.20. The Labute approximate surface area is 89.0 Å². The fraction of sp³-hybridized carbons (Fsp3) is 0.250. The first-order valence-corrected chi connectivity index (χ1v) is 4.99. The van der Waals surface area contributed by atoms with Crippen molar-refractivity contribution in [1.29, 1.82) is 0 Å². The maximum atomic E-state index is 9.14. The molecule has 0 bridgehead atoms. The fourth-order valence-electron chi connectivity index (χ4n) is 1.70. The molecule has 3 nitrogen and oxygen atoms in total. The van der Waals surface area contributed by atoms with Gasteiger partial charge in [-0.25, -0.2) is 4.98 Å². The third kappa shape index (κ3) is 1.92. The Kier molecular flexibility index (Phi) is 2.83. The van der Waals surface area contributed by atoms with Gasteiger partial charge in [0.05, 0.1) is 30.9 Å². The second-order valence-corrected chi connectivity index (χ2v) is 3.54. The van der Waals surface area contributed by atoms with Gasteiger partial charge in [-0.15, -0.1) is 0 Å². The number of aromatic nitrogens is 2. The molecule has 1 N–H and O–H groups in total. The lowest BCUT2D eigenvalue weighted by Crippen LogP contribution is -2.08. The van der Waals surface area contributed by atoms with E-state index in [0.29, 0.717) is 0 Å². The number of rotatable bonds is 3. The van der Waals surface area contributed by atoms with Crippen LogP contribution < -0.4 is 0 Å². The van der Waals surface area contributed by atoms with Gasteiger partial charge in [-0.3, -0.25) is 0 Å². The average molecular weight is 202 g/mol. The van der Waals surface area contributed by atoms with Crippen molar-refractivity contribution < 1.29 is 5.11 Å². The number of benzene rings is 1. The van der Waals surface area contributed by atoms with Crippen molar-refractivity contribution >= 4 is 0 Å². The van der Waals surface area contributed by atoms with E-state index in [2.05, 4.69) is 24.0 Å². The lowest BCUT2D eigenvalue weighted by atomic mass is 10.1. The van der Waals surface area contributed by atoms with Gasteiger partial charge in [0, 0.05) is 0 Å². The Morgan fingerprint density at radius 1 is 1.33 bits per heavy atom. The zero-order valence-corrected chi connectivity index (χ0v) is 8.67. The lowest BCUT2D eigenvalue weighted by Gasteiger charge is -2.15. The van der Waals surface area contributed by atoms with Crippen molar-refractivity contribution in [2.24, 2.45) is 0 Å². The third-order valence-corrected chi connectivity index (χ3v) is 2.61. The van der Waals surface area contributed by atoms with Crippen LogP contribution in [0.3, 0.4) is 0 Å². The third-order valence-electron chi connectivity index (χ3n) is 2.61. The van der Waals surface area contributed by atoms with Crippen molar-refractivity contribution in [2.45, 2.75) is 19.6 Å². The van der Waals surface area contributed by atoms with Crippen molar-refractivity contribution in [3.8, 4) is 0 Å². The molecule has 0 spiro atoms. The van der Waals surface area contributed by atoms with E-state index in [9.17, 15) is 0 Å². The van der Waals surface area contributed by atoms with Crippen LogP contribution in [0.2, 0.25) is 0 Å². The predicted molar refractivity (Wildman–Crippen MR) is 58.4 cm³/mol. The van der Waals surface area contributed by atoms with Gasteiger partial charge in [-0.1, -0.05) is 30.3 Å². The van der Waals surface area contributed by atoms with Crippen LogP contribution in [0.15, 0.2) is 42.9 Å². The SMILES string of the molecule is C[C@@H](c1ccccc1)n1cncc1CO. The molecule has 0 aliphatic rings. The van der Waals surface area contributed by atoms with E-state index >= 15 is 0 Å². The van der Waals surface area contributed by atoms with Gasteiger partial charge >= 0.3 is 0 Å². The molecule has 0 aliphatic carbocycles. The number of hydrogen-bond acceptors (Lipinski definition) is 2. The first-order valence-electron chi connectivity index (χ1n) is 4.99. The Hall–Kier alpha value is -1.61. The highest BCUT2D eigenvalue weighted by Gasteiger charge is 2.10. The van der Waals surface area contributed by atoms with Crippen LogP contribution in [-0.4, -0.2) is 14.7 Å².